The zero-order valence-corrected chi connectivity index (χ0v) is 12.2. The summed E-state index contributed by atoms with van der Waals surface area (Å²) in [7, 11) is 1.83. The Morgan fingerprint density at radius 1 is 1.35 bits per heavy atom. The smallest absolute Gasteiger partial charge is 0.236 e. The van der Waals surface area contributed by atoms with Crippen LogP contribution >= 0.6 is 0 Å². The maximum absolute atomic E-state index is 11.8. The van der Waals surface area contributed by atoms with E-state index in [-0.39, 0.29) is 5.91 Å². The van der Waals surface area contributed by atoms with Crippen LogP contribution in [0.1, 0.15) is 18.4 Å². The molecule has 1 N–H and O–H groups in total. The van der Waals surface area contributed by atoms with Crippen LogP contribution in [-0.2, 0) is 16.1 Å². The third kappa shape index (κ3) is 5.72. The van der Waals surface area contributed by atoms with Crippen LogP contribution < -0.4 is 5.32 Å². The van der Waals surface area contributed by atoms with Gasteiger partial charge in [-0.25, -0.2) is 0 Å². The summed E-state index contributed by atoms with van der Waals surface area (Å²) in [6.07, 6.45) is 2.62. The van der Waals surface area contributed by atoms with Gasteiger partial charge in [0.2, 0.25) is 5.91 Å². The zero-order chi connectivity index (χ0) is 14.2. The Hall–Kier alpha value is -1.39. The molecule has 0 spiro atoms. The Morgan fingerprint density at radius 2 is 2.10 bits per heavy atom. The number of hydrogen-bond donors (Lipinski definition) is 1. The lowest BCUT2D eigenvalue weighted by Crippen LogP contribution is -2.37. The Balaban J connectivity index is 1.52. The van der Waals surface area contributed by atoms with Gasteiger partial charge in [-0.05, 0) is 30.9 Å². The molecule has 0 atom stereocenters. The van der Waals surface area contributed by atoms with Gasteiger partial charge in [0.05, 0.1) is 19.8 Å². The van der Waals surface area contributed by atoms with Crippen LogP contribution in [0.25, 0.3) is 0 Å². The van der Waals surface area contributed by atoms with Gasteiger partial charge < -0.3 is 15.0 Å². The molecule has 1 saturated carbocycles. The van der Waals surface area contributed by atoms with Crippen molar-refractivity contribution in [3.8, 4) is 0 Å². The number of amides is 1. The summed E-state index contributed by atoms with van der Waals surface area (Å²) in [5.74, 6) is 0.941. The summed E-state index contributed by atoms with van der Waals surface area (Å²) >= 11 is 0. The fraction of sp³-hybridized carbons (Fsp3) is 0.562. The number of likely N-dealkylation sites (N-methyl/N-ethyl adjacent to an activating group) is 1. The molecule has 1 fully saturated rings. The molecule has 1 amide bonds. The number of nitrogens with zero attached hydrogens (tertiary/aromatic N) is 1. The number of nitrogens with one attached hydrogen (secondary N) is 1. The molecule has 0 unspecified atom stereocenters. The van der Waals surface area contributed by atoms with E-state index >= 15 is 0 Å². The zero-order valence-electron chi connectivity index (χ0n) is 12.2. The average Bonchev–Trinajstić information content (AvgIpc) is 3.28. The molecule has 1 aliphatic carbocycles. The predicted molar refractivity (Wildman–Crippen MR) is 79.3 cm³/mol. The van der Waals surface area contributed by atoms with Gasteiger partial charge >= 0.3 is 0 Å². The van der Waals surface area contributed by atoms with Crippen molar-refractivity contribution in [2.45, 2.75) is 19.4 Å². The summed E-state index contributed by atoms with van der Waals surface area (Å²) < 4.78 is 5.58. The molecule has 1 aliphatic rings. The normalized spacial score (nSPS) is 14.2. The summed E-state index contributed by atoms with van der Waals surface area (Å²) in [6.45, 7) is 3.22. The summed E-state index contributed by atoms with van der Waals surface area (Å²) in [5, 5.41) is 3.21. The monoisotopic (exact) mass is 276 g/mol. The van der Waals surface area contributed by atoms with Crippen molar-refractivity contribution >= 4 is 5.91 Å². The molecule has 1 aromatic rings. The third-order valence-electron chi connectivity index (χ3n) is 3.51. The molecule has 0 aromatic heterocycles. The molecular weight excluding hydrogens is 252 g/mol. The van der Waals surface area contributed by atoms with Crippen LogP contribution in [-0.4, -0.2) is 44.1 Å². The van der Waals surface area contributed by atoms with Crippen LogP contribution in [0.5, 0.6) is 0 Å². The van der Waals surface area contributed by atoms with Crippen molar-refractivity contribution in [1.82, 2.24) is 10.2 Å². The van der Waals surface area contributed by atoms with Crippen LogP contribution in [0.4, 0.5) is 0 Å². The maximum Gasteiger partial charge on any atom is 0.236 e. The lowest BCUT2D eigenvalue weighted by atomic mass is 10.2. The minimum absolute atomic E-state index is 0.133. The van der Waals surface area contributed by atoms with Crippen molar-refractivity contribution in [2.75, 3.05) is 33.3 Å². The minimum Gasteiger partial charge on any atom is -0.375 e. The highest BCUT2D eigenvalue weighted by Crippen LogP contribution is 2.27. The van der Waals surface area contributed by atoms with Gasteiger partial charge in [-0.15, -0.1) is 0 Å². The molecule has 0 aliphatic heterocycles. The van der Waals surface area contributed by atoms with E-state index in [0.717, 1.165) is 18.0 Å². The first-order valence-corrected chi connectivity index (χ1v) is 7.32. The second-order valence-corrected chi connectivity index (χ2v) is 5.43. The van der Waals surface area contributed by atoms with Gasteiger partial charge in [0.25, 0.3) is 0 Å². The van der Waals surface area contributed by atoms with Crippen molar-refractivity contribution in [2.24, 2.45) is 5.92 Å². The quantitative estimate of drug-likeness (QED) is 0.698. The molecular formula is C16H24N2O2. The molecule has 110 valence electrons. The highest BCUT2D eigenvalue weighted by Gasteiger charge is 2.20. The van der Waals surface area contributed by atoms with Gasteiger partial charge in [0, 0.05) is 13.6 Å². The second-order valence-electron chi connectivity index (χ2n) is 5.43. The minimum atomic E-state index is 0.133. The summed E-state index contributed by atoms with van der Waals surface area (Å²) in [6, 6.07) is 10.1. The van der Waals surface area contributed by atoms with Gasteiger partial charge in [-0.2, -0.15) is 0 Å². The molecule has 20 heavy (non-hydrogen) atoms. The highest BCUT2D eigenvalue weighted by molar-refractivity contribution is 5.77. The Bertz CT molecular complexity index is 404. The van der Waals surface area contributed by atoms with Crippen molar-refractivity contribution in [3.05, 3.63) is 35.9 Å². The van der Waals surface area contributed by atoms with E-state index in [1.165, 1.54) is 12.8 Å². The number of benzene rings is 1. The Labute approximate surface area is 121 Å². The van der Waals surface area contributed by atoms with Gasteiger partial charge in [0.15, 0.2) is 0 Å². The number of ether oxygens (including phenoxy) is 1. The number of hydrogen-bond acceptors (Lipinski definition) is 3. The Morgan fingerprint density at radius 3 is 2.80 bits per heavy atom. The lowest BCUT2D eigenvalue weighted by molar-refractivity contribution is -0.129. The Kier molecular flexibility index (Phi) is 6.02. The van der Waals surface area contributed by atoms with Gasteiger partial charge in [-0.3, -0.25) is 4.79 Å². The first-order chi connectivity index (χ1) is 9.75. The fourth-order valence-corrected chi connectivity index (χ4v) is 1.93. The average molecular weight is 276 g/mol. The number of carbonyl (C=O) groups is 1. The SMILES string of the molecule is CN(CCOCc1ccccc1)C(=O)CNCC1CC1. The molecule has 1 aromatic carbocycles. The van der Waals surface area contributed by atoms with E-state index in [1.54, 1.807) is 4.90 Å². The van der Waals surface area contributed by atoms with Crippen LogP contribution in [0.3, 0.4) is 0 Å². The molecule has 0 bridgehead atoms. The molecule has 0 radical (unpaired) electrons. The standard InChI is InChI=1S/C16H24N2O2/c1-18(16(19)12-17-11-14-7-8-14)9-10-20-13-15-5-3-2-4-6-15/h2-6,14,17H,7-13H2,1H3. The van der Waals surface area contributed by atoms with E-state index in [0.29, 0.717) is 26.3 Å². The summed E-state index contributed by atoms with van der Waals surface area (Å²) in [5.41, 5.74) is 1.16. The number of carbonyl (C=O) groups excluding carboxylic acids is 1. The van der Waals surface area contributed by atoms with E-state index in [1.807, 2.05) is 37.4 Å². The van der Waals surface area contributed by atoms with E-state index in [4.69, 9.17) is 4.74 Å². The van der Waals surface area contributed by atoms with Crippen LogP contribution in [0, 0.1) is 5.92 Å². The van der Waals surface area contributed by atoms with Gasteiger partial charge in [-0.1, -0.05) is 30.3 Å². The lowest BCUT2D eigenvalue weighted by Gasteiger charge is -2.17. The third-order valence-corrected chi connectivity index (χ3v) is 3.51. The molecule has 0 heterocycles. The topological polar surface area (TPSA) is 41.6 Å². The van der Waals surface area contributed by atoms with Crippen LogP contribution in [0.15, 0.2) is 30.3 Å². The van der Waals surface area contributed by atoms with Gasteiger partial charge in [0.1, 0.15) is 0 Å². The summed E-state index contributed by atoms with van der Waals surface area (Å²) in [4.78, 5) is 13.5. The fourth-order valence-electron chi connectivity index (χ4n) is 1.93. The van der Waals surface area contributed by atoms with Crippen LogP contribution in [0.2, 0.25) is 0 Å². The van der Waals surface area contributed by atoms with Crippen molar-refractivity contribution in [3.63, 3.8) is 0 Å². The van der Waals surface area contributed by atoms with Crippen molar-refractivity contribution < 1.29 is 9.53 Å². The van der Waals surface area contributed by atoms with Crippen molar-refractivity contribution in [1.29, 1.82) is 0 Å². The first-order valence-electron chi connectivity index (χ1n) is 7.32. The molecule has 4 heteroatoms. The molecule has 2 rings (SSSR count). The largest absolute Gasteiger partial charge is 0.375 e. The van der Waals surface area contributed by atoms with E-state index in [2.05, 4.69) is 5.32 Å². The molecule has 4 nitrogen and oxygen atoms in total. The maximum atomic E-state index is 11.8. The predicted octanol–water partition coefficient (Wildman–Crippen LogP) is 1.66. The number of rotatable bonds is 9. The van der Waals surface area contributed by atoms with E-state index in [9.17, 15) is 4.79 Å². The molecule has 0 saturated heterocycles. The second kappa shape index (κ2) is 8.02. The van der Waals surface area contributed by atoms with E-state index < -0.39 is 0 Å². The first kappa shape index (κ1) is 15.0. The highest BCUT2D eigenvalue weighted by atomic mass is 16.5.